The van der Waals surface area contributed by atoms with E-state index in [1.54, 1.807) is 11.0 Å². The lowest BCUT2D eigenvalue weighted by molar-refractivity contribution is -0.136. The lowest BCUT2D eigenvalue weighted by atomic mass is 9.94. The van der Waals surface area contributed by atoms with E-state index in [0.29, 0.717) is 18.5 Å². The van der Waals surface area contributed by atoms with E-state index in [1.807, 2.05) is 12.1 Å². The Labute approximate surface area is 212 Å². The highest BCUT2D eigenvalue weighted by Crippen LogP contribution is 2.31. The lowest BCUT2D eigenvalue weighted by Gasteiger charge is -2.29. The number of piperidine rings is 1. The van der Waals surface area contributed by atoms with Crippen LogP contribution in [0.2, 0.25) is 0 Å². The number of rotatable bonds is 4. The normalized spacial score (nSPS) is 22.6. The van der Waals surface area contributed by atoms with Gasteiger partial charge in [-0.25, -0.2) is 0 Å². The van der Waals surface area contributed by atoms with Crippen LogP contribution in [0.25, 0.3) is 0 Å². The number of amides is 3. The molecule has 1 atom stereocenters. The summed E-state index contributed by atoms with van der Waals surface area (Å²) < 4.78 is 6.16. The average molecular weight is 490 g/mol. The van der Waals surface area contributed by atoms with Crippen LogP contribution in [-0.4, -0.2) is 47.9 Å². The smallest absolute Gasteiger partial charge is 0.255 e. The van der Waals surface area contributed by atoms with Crippen LogP contribution in [0.3, 0.4) is 0 Å². The van der Waals surface area contributed by atoms with Gasteiger partial charge in [0.15, 0.2) is 0 Å². The fourth-order valence-corrected chi connectivity index (χ4v) is 5.43. The van der Waals surface area contributed by atoms with Gasteiger partial charge in [0.25, 0.3) is 5.91 Å². The Morgan fingerprint density at radius 2 is 1.61 bits per heavy atom. The first-order chi connectivity index (χ1) is 17.6. The van der Waals surface area contributed by atoms with Gasteiger partial charge in [0, 0.05) is 37.5 Å². The summed E-state index contributed by atoms with van der Waals surface area (Å²) in [6.07, 6.45) is 8.03. The quantitative estimate of drug-likeness (QED) is 0.502. The summed E-state index contributed by atoms with van der Waals surface area (Å²) in [5.41, 5.74) is 3.00. The minimum Gasteiger partial charge on any atom is -0.490 e. The van der Waals surface area contributed by atoms with Gasteiger partial charge in [-0.05, 0) is 61.4 Å². The molecule has 36 heavy (non-hydrogen) atoms. The fourth-order valence-electron chi connectivity index (χ4n) is 5.43. The van der Waals surface area contributed by atoms with Crippen molar-refractivity contribution in [3.05, 3.63) is 65.2 Å². The number of carbonyl (C=O) groups is 3. The average Bonchev–Trinajstić information content (AvgIpc) is 2.99. The van der Waals surface area contributed by atoms with Crippen molar-refractivity contribution in [2.24, 2.45) is 0 Å². The van der Waals surface area contributed by atoms with Crippen LogP contribution in [0.5, 0.6) is 5.75 Å². The minimum atomic E-state index is -0.571. The van der Waals surface area contributed by atoms with E-state index < -0.39 is 6.04 Å². The number of fused-ring (bicyclic) bond motifs is 1. The Kier molecular flexibility index (Phi) is 7.66. The highest BCUT2D eigenvalue weighted by atomic mass is 16.5. The van der Waals surface area contributed by atoms with E-state index in [2.05, 4.69) is 41.0 Å². The van der Waals surface area contributed by atoms with Gasteiger partial charge < -0.3 is 15.0 Å². The van der Waals surface area contributed by atoms with Crippen LogP contribution in [0.15, 0.2) is 48.5 Å². The molecule has 1 unspecified atom stereocenters. The van der Waals surface area contributed by atoms with Gasteiger partial charge >= 0.3 is 0 Å². The third-order valence-electron chi connectivity index (χ3n) is 7.65. The zero-order valence-corrected chi connectivity index (χ0v) is 20.7. The Balaban J connectivity index is 0.000000222. The van der Waals surface area contributed by atoms with Crippen molar-refractivity contribution in [2.45, 2.75) is 76.0 Å². The third-order valence-corrected chi connectivity index (χ3v) is 7.65. The predicted octanol–water partition coefficient (Wildman–Crippen LogP) is 3.92. The molecule has 3 fully saturated rings. The van der Waals surface area contributed by atoms with Crippen molar-refractivity contribution in [3.63, 3.8) is 0 Å². The molecule has 7 heteroatoms. The SMILES string of the molecule is O=C1CCC(N2Cc3cc(OC4CCCCCC4)ccc3C2=O)C(=O)N1.c1ccc(C2CNC2)cc1. The van der Waals surface area contributed by atoms with E-state index in [0.717, 1.165) is 43.2 Å². The van der Waals surface area contributed by atoms with Crippen molar-refractivity contribution >= 4 is 17.7 Å². The maximum atomic E-state index is 12.7. The zero-order valence-electron chi connectivity index (χ0n) is 20.7. The number of hydrogen-bond donors (Lipinski definition) is 2. The number of nitrogens with one attached hydrogen (secondary N) is 2. The molecule has 0 radical (unpaired) electrons. The summed E-state index contributed by atoms with van der Waals surface area (Å²) in [6, 6.07) is 15.7. The van der Waals surface area contributed by atoms with Crippen molar-refractivity contribution in [2.75, 3.05) is 13.1 Å². The molecule has 0 bridgehead atoms. The van der Waals surface area contributed by atoms with Crippen molar-refractivity contribution < 1.29 is 19.1 Å². The molecule has 3 aliphatic heterocycles. The molecule has 2 N–H and O–H groups in total. The zero-order chi connectivity index (χ0) is 24.9. The van der Waals surface area contributed by atoms with Gasteiger partial charge in [0.05, 0.1) is 6.10 Å². The highest BCUT2D eigenvalue weighted by molar-refractivity contribution is 6.05. The molecule has 1 aliphatic carbocycles. The molecule has 2 aromatic rings. The topological polar surface area (TPSA) is 87.7 Å². The van der Waals surface area contributed by atoms with E-state index >= 15 is 0 Å². The lowest BCUT2D eigenvalue weighted by Crippen LogP contribution is -2.52. The molecule has 3 heterocycles. The number of nitrogens with zero attached hydrogens (tertiary/aromatic N) is 1. The summed E-state index contributed by atoms with van der Waals surface area (Å²) >= 11 is 0. The summed E-state index contributed by atoms with van der Waals surface area (Å²) in [4.78, 5) is 37.7. The summed E-state index contributed by atoms with van der Waals surface area (Å²) in [5.74, 6) is 0.789. The van der Waals surface area contributed by atoms with Crippen molar-refractivity contribution in [3.8, 4) is 5.75 Å². The standard InChI is InChI=1S/C20H24N2O4.C9H11N/c23-18-10-9-17(19(24)21-18)22-12-13-11-15(7-8-16(13)20(22)25)26-14-5-3-1-2-4-6-14;1-2-4-8(5-3-1)9-6-10-7-9/h7-8,11,14,17H,1-6,9-10,12H2,(H,21,23,24);1-5,9-10H,6-7H2. The second kappa shape index (κ2) is 11.2. The summed E-state index contributed by atoms with van der Waals surface area (Å²) in [5, 5.41) is 5.59. The first-order valence-corrected chi connectivity index (χ1v) is 13.3. The number of ether oxygens (including phenoxy) is 1. The second-order valence-corrected chi connectivity index (χ2v) is 10.2. The first-order valence-electron chi connectivity index (χ1n) is 13.3. The van der Waals surface area contributed by atoms with Gasteiger partial charge in [0.1, 0.15) is 11.8 Å². The molecule has 2 saturated heterocycles. The molecule has 190 valence electrons. The van der Waals surface area contributed by atoms with Crippen LogP contribution in [-0.2, 0) is 16.1 Å². The van der Waals surface area contributed by atoms with Crippen molar-refractivity contribution in [1.82, 2.24) is 15.5 Å². The Bertz CT molecular complexity index is 1090. The van der Waals surface area contributed by atoms with Crippen LogP contribution < -0.4 is 15.4 Å². The van der Waals surface area contributed by atoms with E-state index in [-0.39, 0.29) is 30.2 Å². The van der Waals surface area contributed by atoms with E-state index in [1.165, 1.54) is 31.2 Å². The number of hydrogen-bond acceptors (Lipinski definition) is 5. The Morgan fingerprint density at radius 3 is 2.28 bits per heavy atom. The van der Waals surface area contributed by atoms with Crippen LogP contribution in [0.4, 0.5) is 0 Å². The molecule has 4 aliphatic rings. The maximum Gasteiger partial charge on any atom is 0.255 e. The molecular formula is C29H35N3O4. The molecule has 2 aromatic carbocycles. The third kappa shape index (κ3) is 5.62. The van der Waals surface area contributed by atoms with Crippen LogP contribution in [0.1, 0.15) is 78.8 Å². The molecule has 0 aromatic heterocycles. The van der Waals surface area contributed by atoms with Crippen LogP contribution in [0, 0.1) is 0 Å². The summed E-state index contributed by atoms with van der Waals surface area (Å²) in [7, 11) is 0. The van der Waals surface area contributed by atoms with Gasteiger partial charge in [-0.3, -0.25) is 19.7 Å². The molecular weight excluding hydrogens is 454 g/mol. The van der Waals surface area contributed by atoms with Crippen LogP contribution >= 0.6 is 0 Å². The van der Waals surface area contributed by atoms with E-state index in [9.17, 15) is 14.4 Å². The highest BCUT2D eigenvalue weighted by Gasteiger charge is 2.39. The maximum absolute atomic E-state index is 12.7. The largest absolute Gasteiger partial charge is 0.490 e. The number of carbonyl (C=O) groups excluding carboxylic acids is 3. The molecule has 1 saturated carbocycles. The monoisotopic (exact) mass is 489 g/mol. The first kappa shape index (κ1) is 24.5. The van der Waals surface area contributed by atoms with Crippen molar-refractivity contribution in [1.29, 1.82) is 0 Å². The van der Waals surface area contributed by atoms with E-state index in [4.69, 9.17) is 4.74 Å². The fraction of sp³-hybridized carbons (Fsp3) is 0.483. The van der Waals surface area contributed by atoms with Gasteiger partial charge in [-0.2, -0.15) is 0 Å². The molecule has 6 rings (SSSR count). The number of imide groups is 1. The minimum absolute atomic E-state index is 0.143. The van der Waals surface area contributed by atoms with Gasteiger partial charge in [-0.15, -0.1) is 0 Å². The molecule has 0 spiro atoms. The summed E-state index contributed by atoms with van der Waals surface area (Å²) in [6.45, 7) is 2.70. The predicted molar refractivity (Wildman–Crippen MR) is 137 cm³/mol. The molecule has 3 amide bonds. The molecule has 7 nitrogen and oxygen atoms in total. The Hall–Kier alpha value is -3.19. The number of benzene rings is 2. The second-order valence-electron chi connectivity index (χ2n) is 10.2. The Morgan fingerprint density at radius 1 is 0.861 bits per heavy atom. The van der Waals surface area contributed by atoms with Gasteiger partial charge in [-0.1, -0.05) is 43.2 Å². The van der Waals surface area contributed by atoms with Gasteiger partial charge in [0.2, 0.25) is 11.8 Å².